The summed E-state index contributed by atoms with van der Waals surface area (Å²) in [4.78, 5) is 12.0. The molecule has 2 rings (SSSR count). The van der Waals surface area contributed by atoms with Gasteiger partial charge in [-0.3, -0.25) is 4.79 Å². The van der Waals surface area contributed by atoms with Crippen LogP contribution in [-0.4, -0.2) is 40.7 Å². The largest absolute Gasteiger partial charge is 0.396 e. The molecule has 2 atom stereocenters. The number of aliphatic hydroxyl groups is 1. The minimum Gasteiger partial charge on any atom is -0.396 e. The molecular weight excluding hydrogens is 260 g/mol. The Morgan fingerprint density at radius 2 is 2.16 bits per heavy atom. The van der Waals surface area contributed by atoms with Crippen LogP contribution in [0.4, 0.5) is 0 Å². The van der Waals surface area contributed by atoms with Crippen LogP contribution in [0.1, 0.15) is 44.9 Å². The molecule has 0 aromatic rings. The lowest BCUT2D eigenvalue weighted by Gasteiger charge is -2.34. The van der Waals surface area contributed by atoms with Crippen LogP contribution in [0.3, 0.4) is 0 Å². The van der Waals surface area contributed by atoms with Crippen LogP contribution in [-0.2, 0) is 4.79 Å². The molecule has 1 amide bonds. The van der Waals surface area contributed by atoms with Gasteiger partial charge < -0.3 is 16.2 Å². The van der Waals surface area contributed by atoms with Crippen molar-refractivity contribution < 1.29 is 9.90 Å². The van der Waals surface area contributed by atoms with Crippen molar-refractivity contribution in [1.82, 2.24) is 5.32 Å². The molecule has 0 radical (unpaired) electrons. The second kappa shape index (κ2) is 6.95. The van der Waals surface area contributed by atoms with Crippen LogP contribution in [0.5, 0.6) is 0 Å². The Kier molecular flexibility index (Phi) is 5.54. The fourth-order valence-electron chi connectivity index (χ4n) is 3.14. The zero-order chi connectivity index (χ0) is 13.7. The average Bonchev–Trinajstić information content (AvgIpc) is 3.09. The summed E-state index contributed by atoms with van der Waals surface area (Å²) in [6.07, 6.45) is 7.41. The summed E-state index contributed by atoms with van der Waals surface area (Å²) in [5, 5.41) is 12.3. The predicted octanol–water partition coefficient (Wildman–Crippen LogP) is 1.27. The maximum atomic E-state index is 12.0. The molecule has 110 valence electrons. The van der Waals surface area contributed by atoms with Gasteiger partial charge in [-0.05, 0) is 55.9 Å². The molecule has 2 aliphatic rings. The zero-order valence-corrected chi connectivity index (χ0v) is 12.4. The van der Waals surface area contributed by atoms with Gasteiger partial charge in [0.1, 0.15) is 5.54 Å². The normalized spacial score (nSPS) is 30.7. The number of thioether (sulfide) groups is 1. The van der Waals surface area contributed by atoms with Gasteiger partial charge in [0, 0.05) is 12.6 Å². The monoisotopic (exact) mass is 286 g/mol. The highest BCUT2D eigenvalue weighted by molar-refractivity contribution is 7.99. The first-order valence-corrected chi connectivity index (χ1v) is 8.60. The van der Waals surface area contributed by atoms with Crippen molar-refractivity contribution >= 4 is 17.7 Å². The number of hydrogen-bond acceptors (Lipinski definition) is 4. The molecule has 2 unspecified atom stereocenters. The molecule has 0 aliphatic heterocycles. The van der Waals surface area contributed by atoms with Crippen LogP contribution in [0.15, 0.2) is 0 Å². The van der Waals surface area contributed by atoms with E-state index in [1.54, 1.807) is 0 Å². The minimum absolute atomic E-state index is 0.151. The number of nitrogens with one attached hydrogen (secondary N) is 1. The summed E-state index contributed by atoms with van der Waals surface area (Å²) in [6, 6.07) is 0.523. The number of primary amides is 1. The Balaban J connectivity index is 1.84. The molecule has 2 saturated carbocycles. The van der Waals surface area contributed by atoms with Gasteiger partial charge >= 0.3 is 0 Å². The van der Waals surface area contributed by atoms with E-state index in [0.29, 0.717) is 12.0 Å². The van der Waals surface area contributed by atoms with Gasteiger partial charge in [-0.1, -0.05) is 6.42 Å². The van der Waals surface area contributed by atoms with Gasteiger partial charge in [-0.2, -0.15) is 11.8 Å². The molecule has 0 aromatic carbocycles. The number of amides is 1. The second-order valence-electron chi connectivity index (χ2n) is 5.82. The van der Waals surface area contributed by atoms with Crippen LogP contribution in [0.2, 0.25) is 0 Å². The lowest BCUT2D eigenvalue weighted by atomic mass is 9.84. The number of hydrogen-bond donors (Lipinski definition) is 3. The summed E-state index contributed by atoms with van der Waals surface area (Å²) >= 11 is 1.87. The Morgan fingerprint density at radius 1 is 1.37 bits per heavy atom. The van der Waals surface area contributed by atoms with Crippen molar-refractivity contribution in [2.24, 2.45) is 11.7 Å². The predicted molar refractivity (Wildman–Crippen MR) is 79.1 cm³/mol. The molecule has 5 heteroatoms. The molecule has 0 bridgehead atoms. The van der Waals surface area contributed by atoms with E-state index in [1.807, 2.05) is 11.8 Å². The first-order chi connectivity index (χ1) is 9.19. The summed E-state index contributed by atoms with van der Waals surface area (Å²) in [5.41, 5.74) is 5.28. The zero-order valence-electron chi connectivity index (χ0n) is 11.6. The van der Waals surface area contributed by atoms with Crippen molar-refractivity contribution in [1.29, 1.82) is 0 Å². The number of nitrogens with two attached hydrogens (primary N) is 1. The number of carbonyl (C=O) groups excluding carboxylic acids is 1. The van der Waals surface area contributed by atoms with E-state index in [2.05, 4.69) is 5.32 Å². The van der Waals surface area contributed by atoms with Crippen molar-refractivity contribution in [3.8, 4) is 0 Å². The molecule has 0 spiro atoms. The van der Waals surface area contributed by atoms with Crippen molar-refractivity contribution in [3.05, 3.63) is 0 Å². The average molecular weight is 286 g/mol. The molecule has 2 aliphatic carbocycles. The van der Waals surface area contributed by atoms with E-state index >= 15 is 0 Å². The highest BCUT2D eigenvalue weighted by atomic mass is 32.2. The van der Waals surface area contributed by atoms with E-state index in [9.17, 15) is 4.79 Å². The Morgan fingerprint density at radius 3 is 2.79 bits per heavy atom. The minimum atomic E-state index is -0.432. The fourth-order valence-corrected chi connectivity index (χ4v) is 4.13. The van der Waals surface area contributed by atoms with E-state index in [4.69, 9.17) is 10.8 Å². The summed E-state index contributed by atoms with van der Waals surface area (Å²) in [7, 11) is 0. The van der Waals surface area contributed by atoms with Crippen LogP contribution in [0, 0.1) is 5.92 Å². The van der Waals surface area contributed by atoms with Gasteiger partial charge in [0.15, 0.2) is 0 Å². The third-order valence-corrected chi connectivity index (χ3v) is 5.46. The third kappa shape index (κ3) is 3.86. The Labute approximate surface area is 119 Å². The molecule has 0 aromatic heterocycles. The quantitative estimate of drug-likeness (QED) is 0.558. The molecule has 4 N–H and O–H groups in total. The molecule has 4 nitrogen and oxygen atoms in total. The highest BCUT2D eigenvalue weighted by Gasteiger charge is 2.49. The lowest BCUT2D eigenvalue weighted by Crippen LogP contribution is -2.58. The smallest absolute Gasteiger partial charge is 0.238 e. The van der Waals surface area contributed by atoms with Gasteiger partial charge in [-0.15, -0.1) is 0 Å². The maximum Gasteiger partial charge on any atom is 0.238 e. The lowest BCUT2D eigenvalue weighted by molar-refractivity contribution is -0.126. The molecular formula is C14H26N2O2S. The highest BCUT2D eigenvalue weighted by Crippen LogP contribution is 2.40. The van der Waals surface area contributed by atoms with E-state index in [-0.39, 0.29) is 12.5 Å². The fraction of sp³-hybridized carbons (Fsp3) is 0.929. The SMILES string of the molecule is NC(=O)C1(NC2CC2)CCCC1CCSCCCO. The number of aliphatic hydroxyl groups excluding tert-OH is 1. The Bertz CT molecular complexity index is 310. The maximum absolute atomic E-state index is 12.0. The first-order valence-electron chi connectivity index (χ1n) is 7.45. The summed E-state index contributed by atoms with van der Waals surface area (Å²) in [6.45, 7) is 0.269. The van der Waals surface area contributed by atoms with Crippen molar-refractivity contribution in [2.45, 2.75) is 56.5 Å². The van der Waals surface area contributed by atoms with Crippen LogP contribution in [0.25, 0.3) is 0 Å². The molecule has 0 saturated heterocycles. The van der Waals surface area contributed by atoms with Gasteiger partial charge in [0.2, 0.25) is 5.91 Å². The van der Waals surface area contributed by atoms with E-state index in [0.717, 1.165) is 43.6 Å². The second-order valence-corrected chi connectivity index (χ2v) is 7.05. The standard InChI is InChI=1S/C14H26N2O2S/c15-13(18)14(16-12-4-5-12)7-1-3-11(14)6-10-19-9-2-8-17/h11-12,16-17H,1-10H2,(H2,15,18). The van der Waals surface area contributed by atoms with Gasteiger partial charge in [-0.25, -0.2) is 0 Å². The van der Waals surface area contributed by atoms with E-state index in [1.165, 1.54) is 12.8 Å². The number of carbonyl (C=O) groups is 1. The van der Waals surface area contributed by atoms with Crippen LogP contribution < -0.4 is 11.1 Å². The van der Waals surface area contributed by atoms with Gasteiger partial charge in [0.25, 0.3) is 0 Å². The Hall–Kier alpha value is -0.260. The first kappa shape index (κ1) is 15.1. The molecule has 19 heavy (non-hydrogen) atoms. The summed E-state index contributed by atoms with van der Waals surface area (Å²) in [5.74, 6) is 2.31. The van der Waals surface area contributed by atoms with Crippen molar-refractivity contribution in [3.63, 3.8) is 0 Å². The van der Waals surface area contributed by atoms with Crippen molar-refractivity contribution in [2.75, 3.05) is 18.1 Å². The van der Waals surface area contributed by atoms with E-state index < -0.39 is 5.54 Å². The topological polar surface area (TPSA) is 75.4 Å². The van der Waals surface area contributed by atoms with Gasteiger partial charge in [0.05, 0.1) is 0 Å². The third-order valence-electron chi connectivity index (χ3n) is 4.36. The van der Waals surface area contributed by atoms with Crippen LogP contribution >= 0.6 is 11.8 Å². The molecule has 2 fully saturated rings. The molecule has 0 heterocycles. The number of rotatable bonds is 9. The summed E-state index contributed by atoms with van der Waals surface area (Å²) < 4.78 is 0.